The predicted octanol–water partition coefficient (Wildman–Crippen LogP) is 3.94. The Kier molecular flexibility index (Phi) is 5.79. The van der Waals surface area contributed by atoms with Crippen LogP contribution in [0.4, 0.5) is 10.1 Å². The first-order valence-corrected chi connectivity index (χ1v) is 11.8. The van der Waals surface area contributed by atoms with Gasteiger partial charge in [-0.2, -0.15) is 0 Å². The van der Waals surface area contributed by atoms with Crippen LogP contribution in [0.1, 0.15) is 35.7 Å². The Bertz CT molecular complexity index is 1090. The number of hydrogen-bond donors (Lipinski definition) is 1. The molecule has 6 nitrogen and oxygen atoms in total. The quantitative estimate of drug-likeness (QED) is 0.717. The minimum absolute atomic E-state index is 0.0495. The van der Waals surface area contributed by atoms with Crippen LogP contribution < -0.4 is 10.1 Å². The highest BCUT2D eigenvalue weighted by molar-refractivity contribution is 6.31. The number of amides is 2. The van der Waals surface area contributed by atoms with E-state index in [1.165, 1.54) is 12.1 Å². The second kappa shape index (κ2) is 8.61. The number of likely N-dealkylation sites (tertiary alicyclic amines) is 2. The van der Waals surface area contributed by atoms with Crippen molar-refractivity contribution < 1.29 is 18.7 Å². The number of rotatable bonds is 5. The maximum Gasteiger partial charge on any atom is 0.256 e. The summed E-state index contributed by atoms with van der Waals surface area (Å²) < 4.78 is 20.2. The van der Waals surface area contributed by atoms with Crippen LogP contribution in [0.2, 0.25) is 5.02 Å². The number of benzene rings is 2. The lowest BCUT2D eigenvalue weighted by Gasteiger charge is -2.38. The van der Waals surface area contributed by atoms with E-state index in [1.54, 1.807) is 17.0 Å². The van der Waals surface area contributed by atoms with Crippen LogP contribution >= 0.6 is 11.6 Å². The summed E-state index contributed by atoms with van der Waals surface area (Å²) in [5.74, 6) is 0.112. The number of halogens is 2. The van der Waals surface area contributed by atoms with Crippen LogP contribution in [-0.2, 0) is 10.2 Å². The lowest BCUT2D eigenvalue weighted by molar-refractivity contribution is -0.122. The van der Waals surface area contributed by atoms with Crippen molar-refractivity contribution in [3.63, 3.8) is 0 Å². The average molecular weight is 472 g/mol. The molecule has 0 aromatic heterocycles. The van der Waals surface area contributed by atoms with Gasteiger partial charge >= 0.3 is 0 Å². The zero-order chi connectivity index (χ0) is 23.2. The van der Waals surface area contributed by atoms with Gasteiger partial charge in [0.15, 0.2) is 0 Å². The molecule has 3 aliphatic rings. The van der Waals surface area contributed by atoms with E-state index in [0.29, 0.717) is 55.8 Å². The molecule has 2 saturated heterocycles. The number of anilines is 1. The third kappa shape index (κ3) is 4.08. The Labute approximate surface area is 197 Å². The molecule has 0 bridgehead atoms. The molecule has 33 heavy (non-hydrogen) atoms. The van der Waals surface area contributed by atoms with Crippen molar-refractivity contribution in [2.45, 2.75) is 25.2 Å². The summed E-state index contributed by atoms with van der Waals surface area (Å²) in [6.45, 7) is 6.02. The van der Waals surface area contributed by atoms with E-state index < -0.39 is 11.2 Å². The summed E-state index contributed by atoms with van der Waals surface area (Å²) in [7, 11) is 0. The highest BCUT2D eigenvalue weighted by Gasteiger charge is 2.48. The number of carbonyl (C=O) groups excluding carboxylic acids is 2. The first-order valence-electron chi connectivity index (χ1n) is 11.4. The number of nitrogens with zero attached hydrogens (tertiary/aromatic N) is 2. The third-order valence-corrected chi connectivity index (χ3v) is 7.32. The number of hydrogen-bond acceptors (Lipinski definition) is 4. The maximum atomic E-state index is 14.5. The van der Waals surface area contributed by atoms with Gasteiger partial charge in [-0.3, -0.25) is 14.5 Å². The van der Waals surface area contributed by atoms with Crippen LogP contribution in [0.25, 0.3) is 0 Å². The molecule has 0 radical (unpaired) electrons. The molecule has 2 amide bonds. The molecule has 3 heterocycles. The Morgan fingerprint density at radius 3 is 2.67 bits per heavy atom. The molecule has 0 saturated carbocycles. The van der Waals surface area contributed by atoms with Gasteiger partial charge in [-0.05, 0) is 67.7 Å². The van der Waals surface area contributed by atoms with Crippen molar-refractivity contribution in [1.82, 2.24) is 9.80 Å². The predicted molar refractivity (Wildman–Crippen MR) is 124 cm³/mol. The van der Waals surface area contributed by atoms with E-state index in [0.717, 1.165) is 24.3 Å². The van der Waals surface area contributed by atoms with Gasteiger partial charge < -0.3 is 15.0 Å². The standard InChI is InChI=1S/C25H27ClFN3O3/c1-16-14-30(15-16)23(31)19-4-3-18(13-21(19)27)33-11-10-29-8-6-25(7-9-29)20-12-17(26)2-5-22(20)28-24(25)32/h2-5,12-13,16H,6-11,14-15H2,1H3,(H,28,32). The molecule has 2 aromatic carbocycles. The van der Waals surface area contributed by atoms with Gasteiger partial charge in [0, 0.05) is 36.4 Å². The van der Waals surface area contributed by atoms with Gasteiger partial charge in [0.05, 0.1) is 11.0 Å². The largest absolute Gasteiger partial charge is 0.492 e. The number of carbonyl (C=O) groups is 2. The van der Waals surface area contributed by atoms with Crippen LogP contribution in [0.5, 0.6) is 5.75 Å². The first-order chi connectivity index (χ1) is 15.9. The Morgan fingerprint density at radius 1 is 1.21 bits per heavy atom. The molecule has 0 atom stereocenters. The van der Waals surface area contributed by atoms with Crippen molar-refractivity contribution in [2.75, 3.05) is 44.6 Å². The summed E-state index contributed by atoms with van der Waals surface area (Å²) in [6.07, 6.45) is 1.43. The fourth-order valence-corrected chi connectivity index (χ4v) is 5.30. The van der Waals surface area contributed by atoms with Crippen molar-refractivity contribution in [3.8, 4) is 5.75 Å². The maximum absolute atomic E-state index is 14.5. The van der Waals surface area contributed by atoms with Crippen molar-refractivity contribution in [2.24, 2.45) is 5.92 Å². The van der Waals surface area contributed by atoms with Gasteiger partial charge in [-0.1, -0.05) is 18.5 Å². The Morgan fingerprint density at radius 2 is 1.97 bits per heavy atom. The second-order valence-electron chi connectivity index (χ2n) is 9.37. The third-order valence-electron chi connectivity index (χ3n) is 7.09. The topological polar surface area (TPSA) is 61.9 Å². The number of fused-ring (bicyclic) bond motifs is 2. The Balaban J connectivity index is 1.14. The van der Waals surface area contributed by atoms with E-state index >= 15 is 0 Å². The number of ether oxygens (including phenoxy) is 1. The highest BCUT2D eigenvalue weighted by atomic mass is 35.5. The van der Waals surface area contributed by atoms with E-state index in [-0.39, 0.29) is 17.4 Å². The highest BCUT2D eigenvalue weighted by Crippen LogP contribution is 2.45. The molecule has 1 spiro atoms. The lowest BCUT2D eigenvalue weighted by atomic mass is 9.73. The summed E-state index contributed by atoms with van der Waals surface area (Å²) in [6, 6.07) is 10.00. The van der Waals surface area contributed by atoms with Crippen LogP contribution in [0.15, 0.2) is 36.4 Å². The fraction of sp³-hybridized carbons (Fsp3) is 0.440. The molecule has 5 rings (SSSR count). The van der Waals surface area contributed by atoms with Crippen LogP contribution in [0.3, 0.4) is 0 Å². The van der Waals surface area contributed by atoms with Crippen molar-refractivity contribution in [1.29, 1.82) is 0 Å². The zero-order valence-corrected chi connectivity index (χ0v) is 19.3. The lowest BCUT2D eigenvalue weighted by Crippen LogP contribution is -2.48. The second-order valence-corrected chi connectivity index (χ2v) is 9.81. The van der Waals surface area contributed by atoms with E-state index in [4.69, 9.17) is 16.3 Å². The summed E-state index contributed by atoms with van der Waals surface area (Å²) in [4.78, 5) is 29.0. The molecule has 8 heteroatoms. The van der Waals surface area contributed by atoms with Gasteiger partial charge in [0.2, 0.25) is 5.91 Å². The molecule has 2 fully saturated rings. The molecule has 1 N–H and O–H groups in total. The molecular weight excluding hydrogens is 445 g/mol. The van der Waals surface area contributed by atoms with Gasteiger partial charge in [-0.25, -0.2) is 4.39 Å². The fourth-order valence-electron chi connectivity index (χ4n) is 5.13. The molecule has 0 unspecified atom stereocenters. The molecule has 174 valence electrons. The molecule has 3 aliphatic heterocycles. The normalized spacial score (nSPS) is 19.8. The van der Waals surface area contributed by atoms with Crippen LogP contribution in [0, 0.1) is 11.7 Å². The first kappa shape index (κ1) is 22.2. The van der Waals surface area contributed by atoms with Crippen molar-refractivity contribution >= 4 is 29.1 Å². The van der Waals surface area contributed by atoms with Gasteiger partial charge in [-0.15, -0.1) is 0 Å². The van der Waals surface area contributed by atoms with Crippen molar-refractivity contribution in [3.05, 3.63) is 58.4 Å². The summed E-state index contributed by atoms with van der Waals surface area (Å²) in [5.41, 5.74) is 1.42. The summed E-state index contributed by atoms with van der Waals surface area (Å²) >= 11 is 6.18. The minimum Gasteiger partial charge on any atom is -0.492 e. The molecule has 2 aromatic rings. The van der Waals surface area contributed by atoms with E-state index in [2.05, 4.69) is 17.1 Å². The zero-order valence-electron chi connectivity index (χ0n) is 18.6. The van der Waals surface area contributed by atoms with Gasteiger partial charge in [0.25, 0.3) is 5.91 Å². The Hall–Kier alpha value is -2.64. The minimum atomic E-state index is -0.554. The average Bonchev–Trinajstić information content (AvgIpc) is 3.03. The summed E-state index contributed by atoms with van der Waals surface area (Å²) in [5, 5.41) is 3.63. The van der Waals surface area contributed by atoms with E-state index in [1.807, 2.05) is 12.1 Å². The van der Waals surface area contributed by atoms with E-state index in [9.17, 15) is 14.0 Å². The van der Waals surface area contributed by atoms with Crippen LogP contribution in [-0.4, -0.2) is 60.9 Å². The number of nitrogens with one attached hydrogen (secondary N) is 1. The monoisotopic (exact) mass is 471 g/mol. The van der Waals surface area contributed by atoms with Gasteiger partial charge in [0.1, 0.15) is 18.2 Å². The number of piperidine rings is 1. The SMILES string of the molecule is CC1CN(C(=O)c2ccc(OCCN3CCC4(CC3)C(=O)Nc3ccc(Cl)cc34)cc2F)C1. The smallest absolute Gasteiger partial charge is 0.256 e. The molecular formula is C25H27ClFN3O3. The molecule has 0 aliphatic carbocycles.